The fourth-order valence-corrected chi connectivity index (χ4v) is 2.79. The van der Waals surface area contributed by atoms with Crippen LogP contribution in [0.1, 0.15) is 31.0 Å². The molecule has 1 atom stereocenters. The highest BCUT2D eigenvalue weighted by molar-refractivity contribution is 5.14. The topological polar surface area (TPSA) is 33.1 Å². The van der Waals surface area contributed by atoms with Gasteiger partial charge in [0, 0.05) is 31.4 Å². The molecule has 102 valence electrons. The number of rotatable bonds is 4. The molecule has 1 aliphatic heterocycles. The lowest BCUT2D eigenvalue weighted by molar-refractivity contribution is 0.189. The van der Waals surface area contributed by atoms with E-state index in [9.17, 15) is 0 Å². The van der Waals surface area contributed by atoms with Crippen molar-refractivity contribution in [3.8, 4) is 0 Å². The van der Waals surface area contributed by atoms with Crippen molar-refractivity contribution in [1.82, 2.24) is 20.0 Å². The van der Waals surface area contributed by atoms with Gasteiger partial charge in [-0.25, -0.2) is 0 Å². The maximum atomic E-state index is 4.38. The van der Waals surface area contributed by atoms with Crippen LogP contribution >= 0.6 is 0 Å². The predicted octanol–water partition coefficient (Wildman–Crippen LogP) is 1.55. The number of likely N-dealkylation sites (tertiary alicyclic amines) is 1. The van der Waals surface area contributed by atoms with Crippen molar-refractivity contribution in [3.63, 3.8) is 0 Å². The lowest BCUT2D eigenvalue weighted by Crippen LogP contribution is -2.40. The van der Waals surface area contributed by atoms with Crippen molar-refractivity contribution in [2.24, 2.45) is 13.0 Å². The van der Waals surface area contributed by atoms with Gasteiger partial charge in [-0.1, -0.05) is 0 Å². The molecule has 0 bridgehead atoms. The van der Waals surface area contributed by atoms with Crippen LogP contribution in [-0.4, -0.2) is 40.9 Å². The van der Waals surface area contributed by atoms with Gasteiger partial charge < -0.3 is 10.2 Å². The van der Waals surface area contributed by atoms with Gasteiger partial charge in [0.1, 0.15) is 0 Å². The monoisotopic (exact) mass is 250 g/mol. The van der Waals surface area contributed by atoms with E-state index in [4.69, 9.17) is 0 Å². The van der Waals surface area contributed by atoms with Crippen molar-refractivity contribution < 1.29 is 0 Å². The number of hydrogen-bond acceptors (Lipinski definition) is 3. The predicted molar refractivity (Wildman–Crippen MR) is 74.5 cm³/mol. The molecule has 1 N–H and O–H groups in total. The van der Waals surface area contributed by atoms with Crippen LogP contribution in [0.5, 0.6) is 0 Å². The standard InChI is InChI=1S/C14H26N4/c1-11(13-5-7-17(3)8-6-13)15-9-14-10-18(4)16-12(14)2/h10-11,13,15H,5-9H2,1-4H3. The first-order chi connectivity index (χ1) is 8.56. The van der Waals surface area contributed by atoms with Gasteiger partial charge in [-0.05, 0) is 52.7 Å². The molecule has 0 aromatic carbocycles. The van der Waals surface area contributed by atoms with Gasteiger partial charge in [0.05, 0.1) is 5.69 Å². The first kappa shape index (κ1) is 13.6. The summed E-state index contributed by atoms with van der Waals surface area (Å²) >= 11 is 0. The van der Waals surface area contributed by atoms with Gasteiger partial charge in [0.15, 0.2) is 0 Å². The van der Waals surface area contributed by atoms with Crippen LogP contribution in [0.3, 0.4) is 0 Å². The minimum Gasteiger partial charge on any atom is -0.310 e. The van der Waals surface area contributed by atoms with Crippen molar-refractivity contribution in [2.45, 2.75) is 39.3 Å². The average molecular weight is 250 g/mol. The number of aryl methyl sites for hydroxylation is 2. The number of nitrogens with zero attached hydrogens (tertiary/aromatic N) is 3. The van der Waals surface area contributed by atoms with Gasteiger partial charge in [0.2, 0.25) is 0 Å². The van der Waals surface area contributed by atoms with E-state index >= 15 is 0 Å². The van der Waals surface area contributed by atoms with E-state index in [0.717, 1.165) is 18.2 Å². The Morgan fingerprint density at radius 1 is 1.39 bits per heavy atom. The second-order valence-electron chi connectivity index (χ2n) is 5.72. The van der Waals surface area contributed by atoms with Crippen LogP contribution in [0.15, 0.2) is 6.20 Å². The maximum absolute atomic E-state index is 4.38. The van der Waals surface area contributed by atoms with Gasteiger partial charge >= 0.3 is 0 Å². The molecule has 1 aromatic heterocycles. The molecule has 0 spiro atoms. The molecule has 2 heterocycles. The van der Waals surface area contributed by atoms with Crippen molar-refractivity contribution in [2.75, 3.05) is 20.1 Å². The Kier molecular flexibility index (Phi) is 4.40. The maximum Gasteiger partial charge on any atom is 0.0638 e. The van der Waals surface area contributed by atoms with Gasteiger partial charge in [-0.15, -0.1) is 0 Å². The molecule has 1 saturated heterocycles. The molecule has 4 nitrogen and oxygen atoms in total. The van der Waals surface area contributed by atoms with Crippen molar-refractivity contribution in [3.05, 3.63) is 17.5 Å². The van der Waals surface area contributed by atoms with E-state index in [1.165, 1.54) is 31.5 Å². The summed E-state index contributed by atoms with van der Waals surface area (Å²) in [5.41, 5.74) is 2.46. The Morgan fingerprint density at radius 3 is 2.61 bits per heavy atom. The van der Waals surface area contributed by atoms with E-state index in [1.54, 1.807) is 0 Å². The van der Waals surface area contributed by atoms with Crippen LogP contribution in [-0.2, 0) is 13.6 Å². The Morgan fingerprint density at radius 2 is 2.06 bits per heavy atom. The number of hydrogen-bond donors (Lipinski definition) is 1. The molecule has 2 rings (SSSR count). The molecule has 1 aromatic rings. The molecule has 0 radical (unpaired) electrons. The molecular formula is C14H26N4. The minimum atomic E-state index is 0.596. The summed E-state index contributed by atoms with van der Waals surface area (Å²) in [4.78, 5) is 2.43. The molecule has 0 aliphatic carbocycles. The Hall–Kier alpha value is -0.870. The lowest BCUT2D eigenvalue weighted by Gasteiger charge is -2.33. The Balaban J connectivity index is 1.81. The third kappa shape index (κ3) is 3.33. The van der Waals surface area contributed by atoms with Gasteiger partial charge in [0.25, 0.3) is 0 Å². The molecule has 1 aliphatic rings. The van der Waals surface area contributed by atoms with Gasteiger partial charge in [-0.2, -0.15) is 5.10 Å². The van der Waals surface area contributed by atoms with Crippen LogP contribution in [0.2, 0.25) is 0 Å². The highest BCUT2D eigenvalue weighted by atomic mass is 15.3. The fraction of sp³-hybridized carbons (Fsp3) is 0.786. The van der Waals surface area contributed by atoms with E-state index in [2.05, 4.69) is 42.4 Å². The van der Waals surface area contributed by atoms with Crippen LogP contribution in [0.25, 0.3) is 0 Å². The summed E-state index contributed by atoms with van der Waals surface area (Å²) in [5.74, 6) is 0.818. The molecule has 1 fully saturated rings. The normalized spacial score (nSPS) is 20.2. The Labute approximate surface area is 110 Å². The van der Waals surface area contributed by atoms with Crippen LogP contribution in [0.4, 0.5) is 0 Å². The molecular weight excluding hydrogens is 224 g/mol. The van der Waals surface area contributed by atoms with Crippen molar-refractivity contribution in [1.29, 1.82) is 0 Å². The SMILES string of the molecule is Cc1nn(C)cc1CNC(C)C1CCN(C)CC1. The second kappa shape index (κ2) is 5.85. The lowest BCUT2D eigenvalue weighted by atomic mass is 9.90. The zero-order valence-electron chi connectivity index (χ0n) is 12.1. The summed E-state index contributed by atoms with van der Waals surface area (Å²) < 4.78 is 1.90. The molecule has 1 unspecified atom stereocenters. The third-order valence-corrected chi connectivity index (χ3v) is 4.20. The molecule has 0 amide bonds. The quantitative estimate of drug-likeness (QED) is 0.880. The van der Waals surface area contributed by atoms with Crippen LogP contribution < -0.4 is 5.32 Å². The fourth-order valence-electron chi connectivity index (χ4n) is 2.79. The Bertz CT molecular complexity index is 377. The van der Waals surface area contributed by atoms with E-state index < -0.39 is 0 Å². The van der Waals surface area contributed by atoms with Crippen LogP contribution in [0, 0.1) is 12.8 Å². The number of aromatic nitrogens is 2. The second-order valence-corrected chi connectivity index (χ2v) is 5.72. The average Bonchev–Trinajstić information content (AvgIpc) is 2.66. The zero-order valence-corrected chi connectivity index (χ0v) is 12.1. The van der Waals surface area contributed by atoms with E-state index in [1.807, 2.05) is 11.7 Å². The summed E-state index contributed by atoms with van der Waals surface area (Å²) in [6, 6.07) is 0.596. The zero-order chi connectivity index (χ0) is 13.1. The third-order valence-electron chi connectivity index (χ3n) is 4.20. The largest absolute Gasteiger partial charge is 0.310 e. The number of piperidine rings is 1. The first-order valence-electron chi connectivity index (χ1n) is 6.97. The molecule has 0 saturated carbocycles. The summed E-state index contributed by atoms with van der Waals surface area (Å²) in [6.45, 7) is 7.82. The summed E-state index contributed by atoms with van der Waals surface area (Å²) in [5, 5.41) is 8.05. The summed E-state index contributed by atoms with van der Waals surface area (Å²) in [7, 11) is 4.20. The molecule has 4 heteroatoms. The van der Waals surface area contributed by atoms with E-state index in [0.29, 0.717) is 6.04 Å². The smallest absolute Gasteiger partial charge is 0.0638 e. The number of nitrogens with one attached hydrogen (secondary N) is 1. The van der Waals surface area contributed by atoms with Gasteiger partial charge in [-0.3, -0.25) is 4.68 Å². The van der Waals surface area contributed by atoms with E-state index in [-0.39, 0.29) is 0 Å². The highest BCUT2D eigenvalue weighted by Gasteiger charge is 2.21. The molecule has 18 heavy (non-hydrogen) atoms. The minimum absolute atomic E-state index is 0.596. The first-order valence-corrected chi connectivity index (χ1v) is 6.97. The van der Waals surface area contributed by atoms with Crippen molar-refractivity contribution >= 4 is 0 Å². The highest BCUT2D eigenvalue weighted by Crippen LogP contribution is 2.20. The summed E-state index contributed by atoms with van der Waals surface area (Å²) in [6.07, 6.45) is 4.75.